The van der Waals surface area contributed by atoms with Crippen molar-refractivity contribution < 1.29 is 49.7 Å². The second-order valence-corrected chi connectivity index (χ2v) is 16.3. The maximum Gasteiger partial charge on any atom is 0.303 e. The summed E-state index contributed by atoms with van der Waals surface area (Å²) in [4.78, 5) is 21.6. The molecule has 2 aromatic carbocycles. The van der Waals surface area contributed by atoms with E-state index in [4.69, 9.17) is 19.7 Å². The highest BCUT2D eigenvalue weighted by atomic mass is 16.5. The summed E-state index contributed by atoms with van der Waals surface area (Å²) in [6.45, 7) is 7.50. The molecule has 1 unspecified atom stereocenters. The second-order valence-electron chi connectivity index (χ2n) is 16.3. The number of aliphatic carboxylic acids is 2. The number of rotatable bonds is 16. The predicted octanol–water partition coefficient (Wildman–Crippen LogP) is 6.57. The summed E-state index contributed by atoms with van der Waals surface area (Å²) < 4.78 is 12.4. The second kappa shape index (κ2) is 20.9. The van der Waals surface area contributed by atoms with Crippen molar-refractivity contribution in [3.05, 3.63) is 83.0 Å². The molecule has 4 aliphatic rings. The van der Waals surface area contributed by atoms with Crippen LogP contribution in [0.4, 0.5) is 0 Å². The van der Waals surface area contributed by atoms with Crippen LogP contribution in [0.1, 0.15) is 113 Å². The number of hydrogen-bond donors (Lipinski definition) is 6. The zero-order valence-corrected chi connectivity index (χ0v) is 34.1. The van der Waals surface area contributed by atoms with Crippen LogP contribution in [0, 0.1) is 47.4 Å². The zero-order valence-electron chi connectivity index (χ0n) is 34.1. The van der Waals surface area contributed by atoms with Gasteiger partial charge in [-0.3, -0.25) is 9.59 Å². The number of aliphatic hydroxyl groups is 4. The number of para-hydroxylation sites is 2. The lowest BCUT2D eigenvalue weighted by molar-refractivity contribution is -0.138. The molecule has 312 valence electrons. The highest BCUT2D eigenvalue weighted by Crippen LogP contribution is 2.53. The Bertz CT molecular complexity index is 1770. The van der Waals surface area contributed by atoms with Gasteiger partial charge >= 0.3 is 11.9 Å². The fraction of sp³-hybridized carbons (Fsp3) is 0.542. The molecule has 10 nitrogen and oxygen atoms in total. The molecule has 2 fully saturated rings. The van der Waals surface area contributed by atoms with Gasteiger partial charge in [0.05, 0.1) is 24.4 Å². The Hall–Kier alpha value is -4.58. The molecule has 0 spiro atoms. The summed E-state index contributed by atoms with van der Waals surface area (Å²) >= 11 is 0. The maximum atomic E-state index is 10.8. The molecule has 2 saturated carbocycles. The summed E-state index contributed by atoms with van der Waals surface area (Å²) in [5.74, 6) is 11.7. The van der Waals surface area contributed by atoms with E-state index in [9.17, 15) is 30.0 Å². The number of hydrogen-bond acceptors (Lipinski definition) is 8. The Morgan fingerprint density at radius 3 is 1.47 bits per heavy atom. The molecule has 0 saturated heterocycles. The van der Waals surface area contributed by atoms with Crippen LogP contribution in [0.3, 0.4) is 0 Å². The van der Waals surface area contributed by atoms with E-state index in [2.05, 4.69) is 23.7 Å². The van der Waals surface area contributed by atoms with E-state index in [0.29, 0.717) is 51.4 Å². The van der Waals surface area contributed by atoms with Gasteiger partial charge in [-0.05, 0) is 62.5 Å². The van der Waals surface area contributed by atoms with Crippen LogP contribution < -0.4 is 9.47 Å². The Morgan fingerprint density at radius 1 is 0.707 bits per heavy atom. The average Bonchev–Trinajstić information content (AvgIpc) is 3.91. The Kier molecular flexibility index (Phi) is 16.0. The van der Waals surface area contributed by atoms with Crippen molar-refractivity contribution in [3.8, 4) is 35.2 Å². The van der Waals surface area contributed by atoms with E-state index < -0.39 is 36.4 Å². The van der Waals surface area contributed by atoms with Gasteiger partial charge in [0.25, 0.3) is 0 Å². The standard InChI is InChI=1S/2C24H30O5/c2*1-3-4-7-15(2)19(25)13-12-17-20(26)14-21-23(17)18-10-5-8-16(24(18)29-21)9-6-11-22(27)28/h2*5,8,10,12-13,15,17,19-21,23,25-26H,6-7,9,11,14H2,1-2H3,(H,27,28)/b2*13-12+/t15?,17-,19+,20+,21-,23-;15-,17-,19+,20+,21-,23-/m00/s1. The smallest absolute Gasteiger partial charge is 0.303 e. The minimum Gasteiger partial charge on any atom is -0.489 e. The molecular weight excluding hydrogens is 737 g/mol. The quantitative estimate of drug-likeness (QED) is 0.0806. The van der Waals surface area contributed by atoms with Crippen molar-refractivity contribution >= 4 is 11.9 Å². The van der Waals surface area contributed by atoms with E-state index in [1.807, 2.05) is 62.4 Å². The van der Waals surface area contributed by atoms with E-state index in [0.717, 1.165) is 33.8 Å². The first-order valence-electron chi connectivity index (χ1n) is 20.7. The van der Waals surface area contributed by atoms with Crippen LogP contribution in [-0.4, -0.2) is 79.2 Å². The lowest BCUT2D eigenvalue weighted by atomic mass is 9.86. The number of carbonyl (C=O) groups is 2. The Labute approximate surface area is 343 Å². The third-order valence-corrected chi connectivity index (χ3v) is 12.1. The van der Waals surface area contributed by atoms with Crippen molar-refractivity contribution in [1.82, 2.24) is 0 Å². The van der Waals surface area contributed by atoms with Crippen LogP contribution in [0.25, 0.3) is 0 Å². The Morgan fingerprint density at radius 2 is 1.10 bits per heavy atom. The highest BCUT2D eigenvalue weighted by molar-refractivity contribution is 5.67. The third-order valence-electron chi connectivity index (χ3n) is 12.1. The number of aryl methyl sites for hydroxylation is 2. The van der Waals surface area contributed by atoms with Crippen LogP contribution in [0.5, 0.6) is 11.5 Å². The van der Waals surface area contributed by atoms with Crippen molar-refractivity contribution in [1.29, 1.82) is 0 Å². The summed E-state index contributed by atoms with van der Waals surface area (Å²) in [5.41, 5.74) is 4.21. The van der Waals surface area contributed by atoms with Crippen molar-refractivity contribution in [2.75, 3.05) is 0 Å². The first-order chi connectivity index (χ1) is 27.8. The topological polar surface area (TPSA) is 174 Å². The van der Waals surface area contributed by atoms with E-state index >= 15 is 0 Å². The van der Waals surface area contributed by atoms with Crippen molar-refractivity contribution in [3.63, 3.8) is 0 Å². The monoisotopic (exact) mass is 796 g/mol. The summed E-state index contributed by atoms with van der Waals surface area (Å²) in [6.07, 6.45) is 10.1. The molecule has 0 amide bonds. The van der Waals surface area contributed by atoms with Crippen molar-refractivity contribution in [2.45, 2.75) is 140 Å². The number of carboxylic acids is 2. The molecule has 0 aromatic heterocycles. The van der Waals surface area contributed by atoms with Crippen molar-refractivity contribution in [2.24, 2.45) is 23.7 Å². The summed E-state index contributed by atoms with van der Waals surface area (Å²) in [5, 5.41) is 59.7. The molecule has 58 heavy (non-hydrogen) atoms. The molecule has 2 heterocycles. The normalized spacial score (nSPS) is 26.9. The number of carboxylic acid groups (broad SMARTS) is 2. The summed E-state index contributed by atoms with van der Waals surface area (Å²) in [6, 6.07) is 12.0. The Balaban J connectivity index is 0.000000221. The van der Waals surface area contributed by atoms with E-state index in [1.165, 1.54) is 0 Å². The van der Waals surface area contributed by atoms with Gasteiger partial charge in [-0.2, -0.15) is 0 Å². The first-order valence-corrected chi connectivity index (χ1v) is 20.7. The van der Waals surface area contributed by atoms with Crippen LogP contribution in [0.15, 0.2) is 60.7 Å². The van der Waals surface area contributed by atoms with Crippen LogP contribution >= 0.6 is 0 Å². The van der Waals surface area contributed by atoms with Gasteiger partial charge in [0.2, 0.25) is 0 Å². The first kappa shape index (κ1) is 44.5. The third kappa shape index (κ3) is 10.9. The predicted molar refractivity (Wildman–Crippen MR) is 221 cm³/mol. The minimum absolute atomic E-state index is 0.0287. The molecule has 0 bridgehead atoms. The fourth-order valence-corrected chi connectivity index (χ4v) is 8.82. The van der Waals surface area contributed by atoms with Gasteiger partial charge in [-0.25, -0.2) is 0 Å². The SMILES string of the molecule is CC#CCC(C)[C@H](O)/C=C/[C@@H]1[C@H]2c3cccc(CCCC(=O)O)c3O[C@H]2C[C@H]1O.CC#CC[C@H](C)[C@H](O)/C=C/[C@@H]1[C@H]2c3cccc(CCCC(=O)O)c3O[C@H]2C[C@H]1O. The van der Waals surface area contributed by atoms with E-state index in [1.54, 1.807) is 26.0 Å². The molecule has 2 aliphatic carbocycles. The molecule has 6 N–H and O–H groups in total. The minimum atomic E-state index is -0.790. The molecule has 12 atom stereocenters. The molecule has 2 aliphatic heterocycles. The molecule has 2 aromatic rings. The molecule has 6 rings (SSSR count). The maximum absolute atomic E-state index is 10.8. The van der Waals surface area contributed by atoms with Crippen LogP contribution in [-0.2, 0) is 22.4 Å². The summed E-state index contributed by atoms with van der Waals surface area (Å²) in [7, 11) is 0. The number of benzene rings is 2. The van der Waals surface area contributed by atoms with Gasteiger partial charge < -0.3 is 40.1 Å². The molecule has 0 radical (unpaired) electrons. The lowest BCUT2D eigenvalue weighted by Crippen LogP contribution is -2.19. The van der Waals surface area contributed by atoms with Gasteiger partial charge in [0.15, 0.2) is 0 Å². The molecular formula is C48H60O10. The average molecular weight is 797 g/mol. The number of fused-ring (bicyclic) bond motifs is 6. The number of aliphatic hydroxyl groups excluding tert-OH is 4. The van der Waals surface area contributed by atoms with E-state index in [-0.39, 0.29) is 60.6 Å². The van der Waals surface area contributed by atoms with Gasteiger partial charge in [-0.1, -0.05) is 74.5 Å². The fourth-order valence-electron chi connectivity index (χ4n) is 8.82. The van der Waals surface area contributed by atoms with Crippen LogP contribution in [0.2, 0.25) is 0 Å². The van der Waals surface area contributed by atoms with Gasteiger partial charge in [-0.15, -0.1) is 23.7 Å². The van der Waals surface area contributed by atoms with Gasteiger partial charge in [0, 0.05) is 73.3 Å². The van der Waals surface area contributed by atoms with Gasteiger partial charge in [0.1, 0.15) is 23.7 Å². The highest BCUT2D eigenvalue weighted by Gasteiger charge is 2.50. The zero-order chi connectivity index (χ0) is 41.9. The number of ether oxygens (including phenoxy) is 2. The largest absolute Gasteiger partial charge is 0.489 e. The lowest BCUT2D eigenvalue weighted by Gasteiger charge is -2.19. The molecule has 10 heteroatoms.